The Kier molecular flexibility index (Phi) is 4.00. The van der Waals surface area contributed by atoms with Gasteiger partial charge in [0, 0.05) is 13.1 Å². The van der Waals surface area contributed by atoms with Crippen LogP contribution < -0.4 is 9.47 Å². The highest BCUT2D eigenvalue weighted by Crippen LogP contribution is 2.27. The fourth-order valence-corrected chi connectivity index (χ4v) is 2.82. The highest BCUT2D eigenvalue weighted by atomic mass is 16.5. The average molecular weight is 297 g/mol. The minimum atomic E-state index is -0.0229. The lowest BCUT2D eigenvalue weighted by molar-refractivity contribution is 0.0731. The molecule has 1 aliphatic rings. The molecule has 1 aliphatic heterocycles. The number of amides is 1. The fraction of sp³-hybridized carbons (Fsp3) is 0.278. The molecule has 0 saturated heterocycles. The molecule has 4 nitrogen and oxygen atoms in total. The third-order valence-corrected chi connectivity index (χ3v) is 4.05. The molecule has 0 unspecified atom stereocenters. The summed E-state index contributed by atoms with van der Waals surface area (Å²) in [6.07, 6.45) is 0.883. The van der Waals surface area contributed by atoms with Crippen LogP contribution in [0.5, 0.6) is 11.5 Å². The quantitative estimate of drug-likeness (QED) is 0.874. The molecule has 2 aromatic rings. The third kappa shape index (κ3) is 2.64. The molecule has 4 heteroatoms. The number of rotatable bonds is 3. The van der Waals surface area contributed by atoms with Crippen LogP contribution in [0.1, 0.15) is 21.5 Å². The zero-order chi connectivity index (χ0) is 15.5. The van der Waals surface area contributed by atoms with E-state index in [0.717, 1.165) is 13.0 Å². The Bertz CT molecular complexity index is 696. The second kappa shape index (κ2) is 6.10. The summed E-state index contributed by atoms with van der Waals surface area (Å²) in [5, 5.41) is 0. The minimum absolute atomic E-state index is 0.0229. The fourth-order valence-electron chi connectivity index (χ4n) is 2.82. The van der Waals surface area contributed by atoms with Gasteiger partial charge in [-0.15, -0.1) is 0 Å². The van der Waals surface area contributed by atoms with Crippen molar-refractivity contribution in [3.63, 3.8) is 0 Å². The standard InChI is InChI=1S/C18H19NO3/c1-21-15-7-8-17(22-2)16(11-15)18(20)19-10-9-13-5-3-4-6-14(13)12-19/h3-8,11H,9-10,12H2,1-2H3. The Morgan fingerprint density at radius 3 is 2.55 bits per heavy atom. The molecule has 0 aliphatic carbocycles. The van der Waals surface area contributed by atoms with Crippen molar-refractivity contribution >= 4 is 5.91 Å². The van der Waals surface area contributed by atoms with Crippen molar-refractivity contribution in [3.8, 4) is 11.5 Å². The second-order valence-electron chi connectivity index (χ2n) is 5.31. The largest absolute Gasteiger partial charge is 0.497 e. The summed E-state index contributed by atoms with van der Waals surface area (Å²) in [4.78, 5) is 14.7. The number of methoxy groups -OCH3 is 2. The lowest BCUT2D eigenvalue weighted by Crippen LogP contribution is -2.36. The summed E-state index contributed by atoms with van der Waals surface area (Å²) in [5.74, 6) is 1.21. The van der Waals surface area contributed by atoms with E-state index < -0.39 is 0 Å². The van der Waals surface area contributed by atoms with Crippen molar-refractivity contribution in [2.24, 2.45) is 0 Å². The molecule has 0 aromatic heterocycles. The number of carbonyl (C=O) groups excluding carboxylic acids is 1. The second-order valence-corrected chi connectivity index (χ2v) is 5.31. The van der Waals surface area contributed by atoms with Crippen LogP contribution in [0.4, 0.5) is 0 Å². The molecule has 0 radical (unpaired) electrons. The first-order chi connectivity index (χ1) is 10.7. The maximum atomic E-state index is 12.8. The Balaban J connectivity index is 1.89. The van der Waals surface area contributed by atoms with Crippen LogP contribution in [0.3, 0.4) is 0 Å². The summed E-state index contributed by atoms with van der Waals surface area (Å²) >= 11 is 0. The van der Waals surface area contributed by atoms with E-state index in [1.54, 1.807) is 32.4 Å². The first kappa shape index (κ1) is 14.4. The van der Waals surface area contributed by atoms with E-state index in [4.69, 9.17) is 9.47 Å². The molecule has 0 N–H and O–H groups in total. The van der Waals surface area contributed by atoms with Gasteiger partial charge in [-0.3, -0.25) is 4.79 Å². The van der Waals surface area contributed by atoms with E-state index >= 15 is 0 Å². The number of hydrogen-bond donors (Lipinski definition) is 0. The molecule has 1 amide bonds. The lowest BCUT2D eigenvalue weighted by atomic mass is 9.99. The summed E-state index contributed by atoms with van der Waals surface area (Å²) in [5.41, 5.74) is 3.08. The van der Waals surface area contributed by atoms with Crippen molar-refractivity contribution in [2.75, 3.05) is 20.8 Å². The van der Waals surface area contributed by atoms with Crippen LogP contribution in [-0.2, 0) is 13.0 Å². The van der Waals surface area contributed by atoms with Crippen molar-refractivity contribution in [1.82, 2.24) is 4.90 Å². The number of benzene rings is 2. The van der Waals surface area contributed by atoms with Crippen molar-refractivity contribution in [2.45, 2.75) is 13.0 Å². The number of nitrogens with zero attached hydrogens (tertiary/aromatic N) is 1. The van der Waals surface area contributed by atoms with Crippen LogP contribution in [0.25, 0.3) is 0 Å². The van der Waals surface area contributed by atoms with Crippen molar-refractivity contribution < 1.29 is 14.3 Å². The predicted molar refractivity (Wildman–Crippen MR) is 84.4 cm³/mol. The summed E-state index contributed by atoms with van der Waals surface area (Å²) < 4.78 is 10.5. The third-order valence-electron chi connectivity index (χ3n) is 4.05. The first-order valence-corrected chi connectivity index (χ1v) is 7.31. The summed E-state index contributed by atoms with van der Waals surface area (Å²) in [6.45, 7) is 1.35. The van der Waals surface area contributed by atoms with Gasteiger partial charge in [-0.05, 0) is 35.7 Å². The van der Waals surface area contributed by atoms with Gasteiger partial charge in [0.25, 0.3) is 5.91 Å². The van der Waals surface area contributed by atoms with Crippen LogP contribution in [0.15, 0.2) is 42.5 Å². The zero-order valence-corrected chi connectivity index (χ0v) is 12.8. The molecule has 0 saturated carbocycles. The molecule has 0 fully saturated rings. The van der Waals surface area contributed by atoms with Gasteiger partial charge in [-0.25, -0.2) is 0 Å². The number of fused-ring (bicyclic) bond motifs is 1. The highest BCUT2D eigenvalue weighted by Gasteiger charge is 2.24. The molecule has 3 rings (SSSR count). The molecular formula is C18H19NO3. The van der Waals surface area contributed by atoms with Crippen molar-refractivity contribution in [1.29, 1.82) is 0 Å². The van der Waals surface area contributed by atoms with Gasteiger partial charge in [-0.2, -0.15) is 0 Å². The van der Waals surface area contributed by atoms with E-state index in [0.29, 0.717) is 23.6 Å². The molecule has 0 spiro atoms. The monoisotopic (exact) mass is 297 g/mol. The van der Waals surface area contributed by atoms with E-state index in [1.165, 1.54) is 11.1 Å². The van der Waals surface area contributed by atoms with Crippen LogP contribution in [0, 0.1) is 0 Å². The molecule has 114 valence electrons. The van der Waals surface area contributed by atoms with Crippen LogP contribution >= 0.6 is 0 Å². The summed E-state index contributed by atoms with van der Waals surface area (Å²) in [7, 11) is 3.16. The van der Waals surface area contributed by atoms with E-state index in [-0.39, 0.29) is 5.91 Å². The van der Waals surface area contributed by atoms with Gasteiger partial charge >= 0.3 is 0 Å². The maximum absolute atomic E-state index is 12.8. The Morgan fingerprint density at radius 1 is 1.05 bits per heavy atom. The van der Waals surface area contributed by atoms with Gasteiger partial charge in [0.2, 0.25) is 0 Å². The molecule has 1 heterocycles. The topological polar surface area (TPSA) is 38.8 Å². The molecule has 2 aromatic carbocycles. The van der Waals surface area contributed by atoms with Gasteiger partial charge in [0.1, 0.15) is 11.5 Å². The van der Waals surface area contributed by atoms with E-state index in [2.05, 4.69) is 12.1 Å². The Hall–Kier alpha value is -2.49. The lowest BCUT2D eigenvalue weighted by Gasteiger charge is -2.29. The van der Waals surface area contributed by atoms with Gasteiger partial charge < -0.3 is 14.4 Å². The highest BCUT2D eigenvalue weighted by molar-refractivity contribution is 5.97. The number of carbonyl (C=O) groups is 1. The average Bonchev–Trinajstić information content (AvgIpc) is 2.60. The molecule has 0 bridgehead atoms. The smallest absolute Gasteiger partial charge is 0.258 e. The summed E-state index contributed by atoms with van der Waals surface area (Å²) in [6, 6.07) is 13.6. The van der Waals surface area contributed by atoms with Crippen LogP contribution in [0.2, 0.25) is 0 Å². The molecule has 22 heavy (non-hydrogen) atoms. The maximum Gasteiger partial charge on any atom is 0.258 e. The van der Waals surface area contributed by atoms with E-state index in [1.807, 2.05) is 17.0 Å². The first-order valence-electron chi connectivity index (χ1n) is 7.31. The molecule has 0 atom stereocenters. The minimum Gasteiger partial charge on any atom is -0.497 e. The van der Waals surface area contributed by atoms with Crippen LogP contribution in [-0.4, -0.2) is 31.6 Å². The Morgan fingerprint density at radius 2 is 1.82 bits per heavy atom. The van der Waals surface area contributed by atoms with E-state index in [9.17, 15) is 4.79 Å². The van der Waals surface area contributed by atoms with Gasteiger partial charge in [0.05, 0.1) is 19.8 Å². The normalized spacial score (nSPS) is 13.5. The van der Waals surface area contributed by atoms with Crippen molar-refractivity contribution in [3.05, 3.63) is 59.2 Å². The molecular weight excluding hydrogens is 278 g/mol. The van der Waals surface area contributed by atoms with Gasteiger partial charge in [-0.1, -0.05) is 24.3 Å². The Labute approximate surface area is 130 Å². The zero-order valence-electron chi connectivity index (χ0n) is 12.8. The predicted octanol–water partition coefficient (Wildman–Crippen LogP) is 2.90. The number of ether oxygens (including phenoxy) is 2. The number of hydrogen-bond acceptors (Lipinski definition) is 3. The van der Waals surface area contributed by atoms with Gasteiger partial charge in [0.15, 0.2) is 0 Å². The SMILES string of the molecule is COc1ccc(OC)c(C(=O)N2CCc3ccccc3C2)c1.